The summed E-state index contributed by atoms with van der Waals surface area (Å²) in [6, 6.07) is 12.0. The van der Waals surface area contributed by atoms with Crippen LogP contribution in [-0.4, -0.2) is 55.6 Å². The van der Waals surface area contributed by atoms with E-state index in [0.717, 1.165) is 5.56 Å². The van der Waals surface area contributed by atoms with Crippen LogP contribution < -0.4 is 15.8 Å². The van der Waals surface area contributed by atoms with Gasteiger partial charge in [0.25, 0.3) is 0 Å². The van der Waals surface area contributed by atoms with Crippen LogP contribution in [0, 0.1) is 5.82 Å². The summed E-state index contributed by atoms with van der Waals surface area (Å²) in [5, 5.41) is 2.71. The Morgan fingerprint density at radius 1 is 1.07 bits per heavy atom. The second-order valence-electron chi connectivity index (χ2n) is 6.82. The fourth-order valence-corrected chi connectivity index (χ4v) is 2.99. The molecule has 2 aromatic carbocycles. The Morgan fingerprint density at radius 3 is 2.24 bits per heavy atom. The number of primary amides is 1. The Balaban J connectivity index is 1.54. The third-order valence-electron chi connectivity index (χ3n) is 4.56. The van der Waals surface area contributed by atoms with Gasteiger partial charge in [-0.1, -0.05) is 12.1 Å². The fourth-order valence-electron chi connectivity index (χ4n) is 2.99. The van der Waals surface area contributed by atoms with E-state index in [1.54, 1.807) is 24.3 Å². The van der Waals surface area contributed by atoms with Gasteiger partial charge < -0.3 is 20.5 Å². The van der Waals surface area contributed by atoms with E-state index in [2.05, 4.69) is 5.32 Å². The van der Waals surface area contributed by atoms with Gasteiger partial charge >= 0.3 is 0 Å². The summed E-state index contributed by atoms with van der Waals surface area (Å²) in [4.78, 5) is 26.0. The zero-order valence-electron chi connectivity index (χ0n) is 16.0. The number of morpholine rings is 1. The standard InChI is InChI=1S/C21H24FN3O4/c22-16-3-7-18(8-4-16)29-17-5-1-15(2-6-17)13-19(21(23)27)24-20(26)14-25-9-11-28-12-10-25/h1-8,19H,9-14H2,(H2,23,27)(H,24,26). The molecule has 1 atom stereocenters. The molecule has 0 aliphatic carbocycles. The van der Waals surface area contributed by atoms with Crippen molar-refractivity contribution in [3.8, 4) is 11.5 Å². The molecule has 1 heterocycles. The van der Waals surface area contributed by atoms with Crippen LogP contribution in [0.4, 0.5) is 4.39 Å². The average Bonchev–Trinajstić information content (AvgIpc) is 2.71. The van der Waals surface area contributed by atoms with Crippen molar-refractivity contribution in [2.45, 2.75) is 12.5 Å². The first-order valence-corrected chi connectivity index (χ1v) is 9.41. The average molecular weight is 401 g/mol. The zero-order chi connectivity index (χ0) is 20.6. The summed E-state index contributed by atoms with van der Waals surface area (Å²) in [7, 11) is 0. The second kappa shape index (κ2) is 9.99. The lowest BCUT2D eigenvalue weighted by Gasteiger charge is -2.26. The Morgan fingerprint density at radius 2 is 1.66 bits per heavy atom. The first-order valence-electron chi connectivity index (χ1n) is 9.41. The first kappa shape index (κ1) is 20.8. The third kappa shape index (κ3) is 6.55. The number of amides is 2. The van der Waals surface area contributed by atoms with Crippen molar-refractivity contribution in [1.29, 1.82) is 0 Å². The van der Waals surface area contributed by atoms with Crippen molar-refractivity contribution in [1.82, 2.24) is 10.2 Å². The number of benzene rings is 2. The van der Waals surface area contributed by atoms with Gasteiger partial charge in [0.1, 0.15) is 23.4 Å². The molecule has 1 fully saturated rings. The highest BCUT2D eigenvalue weighted by Gasteiger charge is 2.21. The molecule has 1 unspecified atom stereocenters. The predicted octanol–water partition coefficient (Wildman–Crippen LogP) is 1.46. The number of hydrogen-bond donors (Lipinski definition) is 2. The van der Waals surface area contributed by atoms with Crippen molar-refractivity contribution in [3.05, 3.63) is 59.9 Å². The van der Waals surface area contributed by atoms with Crippen LogP contribution in [0.5, 0.6) is 11.5 Å². The molecule has 7 nitrogen and oxygen atoms in total. The van der Waals surface area contributed by atoms with Crippen LogP contribution in [0.25, 0.3) is 0 Å². The molecule has 3 N–H and O–H groups in total. The summed E-state index contributed by atoms with van der Waals surface area (Å²) >= 11 is 0. The molecular weight excluding hydrogens is 377 g/mol. The minimum absolute atomic E-state index is 0.206. The quantitative estimate of drug-likeness (QED) is 0.699. The molecule has 0 aromatic heterocycles. The molecule has 1 aliphatic heterocycles. The van der Waals surface area contributed by atoms with E-state index < -0.39 is 11.9 Å². The summed E-state index contributed by atoms with van der Waals surface area (Å²) in [5.41, 5.74) is 6.29. The number of nitrogens with two attached hydrogens (primary N) is 1. The summed E-state index contributed by atoms with van der Waals surface area (Å²) < 4.78 is 23.9. The minimum atomic E-state index is -0.799. The molecular formula is C21H24FN3O4. The number of nitrogens with one attached hydrogen (secondary N) is 1. The van der Waals surface area contributed by atoms with E-state index in [1.807, 2.05) is 4.90 Å². The number of ether oxygens (including phenoxy) is 2. The van der Waals surface area contributed by atoms with Gasteiger partial charge in [0.15, 0.2) is 0 Å². The Bertz CT molecular complexity index is 821. The van der Waals surface area contributed by atoms with E-state index in [4.69, 9.17) is 15.2 Å². The largest absolute Gasteiger partial charge is 0.457 e. The molecule has 29 heavy (non-hydrogen) atoms. The van der Waals surface area contributed by atoms with E-state index in [9.17, 15) is 14.0 Å². The van der Waals surface area contributed by atoms with Gasteiger partial charge in [-0.3, -0.25) is 14.5 Å². The zero-order valence-corrected chi connectivity index (χ0v) is 16.0. The van der Waals surface area contributed by atoms with Gasteiger partial charge in [-0.25, -0.2) is 4.39 Å². The van der Waals surface area contributed by atoms with E-state index in [0.29, 0.717) is 37.8 Å². The predicted molar refractivity (Wildman–Crippen MR) is 105 cm³/mol. The van der Waals surface area contributed by atoms with Crippen LogP contribution in [0.3, 0.4) is 0 Å². The van der Waals surface area contributed by atoms with Crippen LogP contribution >= 0.6 is 0 Å². The Kier molecular flexibility index (Phi) is 7.15. The molecule has 1 aliphatic rings. The maximum absolute atomic E-state index is 13.0. The summed E-state index contributed by atoms with van der Waals surface area (Å²) in [6.07, 6.45) is 0.279. The lowest BCUT2D eigenvalue weighted by molar-refractivity contribution is -0.128. The number of carbonyl (C=O) groups excluding carboxylic acids is 2. The summed E-state index contributed by atoms with van der Waals surface area (Å²) in [6.45, 7) is 2.77. The minimum Gasteiger partial charge on any atom is -0.457 e. The van der Waals surface area contributed by atoms with Crippen LogP contribution in [0.15, 0.2) is 48.5 Å². The lowest BCUT2D eigenvalue weighted by atomic mass is 10.1. The number of rotatable bonds is 8. The Labute approximate surface area is 168 Å². The van der Waals surface area contributed by atoms with Crippen LogP contribution in [0.2, 0.25) is 0 Å². The van der Waals surface area contributed by atoms with Gasteiger partial charge in [0.2, 0.25) is 11.8 Å². The van der Waals surface area contributed by atoms with E-state index in [-0.39, 0.29) is 24.7 Å². The van der Waals surface area contributed by atoms with Crippen molar-refractivity contribution in [3.63, 3.8) is 0 Å². The van der Waals surface area contributed by atoms with Crippen molar-refractivity contribution in [2.24, 2.45) is 5.73 Å². The Hall–Kier alpha value is -2.97. The van der Waals surface area contributed by atoms with Gasteiger partial charge in [-0.2, -0.15) is 0 Å². The normalized spacial score (nSPS) is 15.5. The topological polar surface area (TPSA) is 93.9 Å². The number of carbonyl (C=O) groups is 2. The first-order chi connectivity index (χ1) is 14.0. The number of halogens is 1. The molecule has 0 spiro atoms. The van der Waals surface area contributed by atoms with Crippen molar-refractivity contribution >= 4 is 11.8 Å². The van der Waals surface area contributed by atoms with Gasteiger partial charge in [-0.15, -0.1) is 0 Å². The molecule has 0 bridgehead atoms. The molecule has 0 saturated carbocycles. The highest BCUT2D eigenvalue weighted by Crippen LogP contribution is 2.22. The molecule has 3 rings (SSSR count). The number of nitrogens with zero attached hydrogens (tertiary/aromatic N) is 1. The van der Waals surface area contributed by atoms with Gasteiger partial charge in [0.05, 0.1) is 19.8 Å². The molecule has 1 saturated heterocycles. The van der Waals surface area contributed by atoms with E-state index >= 15 is 0 Å². The van der Waals surface area contributed by atoms with Crippen molar-refractivity contribution < 1.29 is 23.5 Å². The smallest absolute Gasteiger partial charge is 0.240 e. The molecule has 2 amide bonds. The van der Waals surface area contributed by atoms with Crippen LogP contribution in [-0.2, 0) is 20.7 Å². The summed E-state index contributed by atoms with van der Waals surface area (Å²) in [5.74, 6) is -0.0725. The maximum Gasteiger partial charge on any atom is 0.240 e. The van der Waals surface area contributed by atoms with Crippen molar-refractivity contribution in [2.75, 3.05) is 32.8 Å². The molecule has 0 radical (unpaired) electrons. The monoisotopic (exact) mass is 401 g/mol. The second-order valence-corrected chi connectivity index (χ2v) is 6.82. The lowest BCUT2D eigenvalue weighted by Crippen LogP contribution is -2.50. The van der Waals surface area contributed by atoms with Gasteiger partial charge in [0, 0.05) is 19.5 Å². The van der Waals surface area contributed by atoms with Crippen LogP contribution in [0.1, 0.15) is 5.56 Å². The highest BCUT2D eigenvalue weighted by molar-refractivity contribution is 5.87. The maximum atomic E-state index is 13.0. The van der Waals surface area contributed by atoms with E-state index in [1.165, 1.54) is 24.3 Å². The highest BCUT2D eigenvalue weighted by atomic mass is 19.1. The third-order valence-corrected chi connectivity index (χ3v) is 4.56. The molecule has 2 aromatic rings. The molecule has 8 heteroatoms. The number of hydrogen-bond acceptors (Lipinski definition) is 5. The molecule has 154 valence electrons. The fraction of sp³-hybridized carbons (Fsp3) is 0.333. The van der Waals surface area contributed by atoms with Gasteiger partial charge in [-0.05, 0) is 42.0 Å². The SMILES string of the molecule is NC(=O)C(Cc1ccc(Oc2ccc(F)cc2)cc1)NC(=O)CN1CCOCC1.